The van der Waals surface area contributed by atoms with Gasteiger partial charge in [0.2, 0.25) is 0 Å². The highest BCUT2D eigenvalue weighted by Gasteiger charge is 2.38. The van der Waals surface area contributed by atoms with Gasteiger partial charge in [0.05, 0.1) is 0 Å². The summed E-state index contributed by atoms with van der Waals surface area (Å²) < 4.78 is 6.64. The molecule has 60 heavy (non-hydrogen) atoms. The molecule has 0 bridgehead atoms. The molecule has 12 rings (SSSR count). The van der Waals surface area contributed by atoms with E-state index in [2.05, 4.69) is 221 Å². The fourth-order valence-corrected chi connectivity index (χ4v) is 10.8. The molecule has 2 aliphatic carbocycles. The Hall–Kier alpha value is -7.16. The SMILES string of the molecule is CC1(C)c2ccccc2-c2ccc(N(c3cccc(-c4cccc5c4C(C)(C)c4ccccc4-5)c3)c3cccc(-c4cccc5oc6c7ccccc7ccc6c45)c3)cc21. The van der Waals surface area contributed by atoms with Crippen molar-refractivity contribution in [3.05, 3.63) is 210 Å². The number of hydrogen-bond donors (Lipinski definition) is 0. The molecule has 0 saturated heterocycles. The largest absolute Gasteiger partial charge is 0.455 e. The number of anilines is 3. The van der Waals surface area contributed by atoms with E-state index >= 15 is 0 Å². The van der Waals surface area contributed by atoms with Crippen molar-refractivity contribution in [1.82, 2.24) is 0 Å². The summed E-state index contributed by atoms with van der Waals surface area (Å²) in [6.45, 7) is 9.47. The Kier molecular flexibility index (Phi) is 7.36. The minimum absolute atomic E-state index is 0.127. The molecule has 0 N–H and O–H groups in total. The maximum Gasteiger partial charge on any atom is 0.143 e. The summed E-state index contributed by atoms with van der Waals surface area (Å²) in [5, 5.41) is 4.59. The van der Waals surface area contributed by atoms with Crippen LogP contribution in [0.25, 0.3) is 77.2 Å². The maximum absolute atomic E-state index is 6.64. The zero-order valence-corrected chi connectivity index (χ0v) is 34.3. The van der Waals surface area contributed by atoms with Gasteiger partial charge in [-0.2, -0.15) is 0 Å². The molecule has 1 aromatic heterocycles. The molecule has 0 atom stereocenters. The van der Waals surface area contributed by atoms with Crippen molar-refractivity contribution in [2.45, 2.75) is 38.5 Å². The van der Waals surface area contributed by atoms with Gasteiger partial charge < -0.3 is 9.32 Å². The van der Waals surface area contributed by atoms with E-state index in [1.165, 1.54) is 61.0 Å². The van der Waals surface area contributed by atoms with Crippen LogP contribution in [0.5, 0.6) is 0 Å². The topological polar surface area (TPSA) is 16.4 Å². The second-order valence-corrected chi connectivity index (χ2v) is 17.7. The van der Waals surface area contributed by atoms with E-state index < -0.39 is 0 Å². The first-order valence-electron chi connectivity index (χ1n) is 21.1. The summed E-state index contributed by atoms with van der Waals surface area (Å²) in [5.41, 5.74) is 20.5. The lowest BCUT2D eigenvalue weighted by Gasteiger charge is -2.29. The Labute approximate surface area is 351 Å². The summed E-state index contributed by atoms with van der Waals surface area (Å²) in [6.07, 6.45) is 0. The molecule has 0 aliphatic heterocycles. The monoisotopic (exact) mass is 769 g/mol. The van der Waals surface area contributed by atoms with Crippen molar-refractivity contribution in [3.8, 4) is 44.5 Å². The molecule has 1 heterocycles. The zero-order valence-electron chi connectivity index (χ0n) is 34.3. The normalized spacial score (nSPS) is 14.3. The van der Waals surface area contributed by atoms with Crippen molar-refractivity contribution in [2.24, 2.45) is 0 Å². The molecule has 9 aromatic carbocycles. The van der Waals surface area contributed by atoms with E-state index in [9.17, 15) is 0 Å². The van der Waals surface area contributed by atoms with Gasteiger partial charge in [-0.05, 0) is 121 Å². The first-order valence-corrected chi connectivity index (χ1v) is 21.1. The Morgan fingerprint density at radius 2 is 0.950 bits per heavy atom. The quantitative estimate of drug-likeness (QED) is 0.173. The van der Waals surface area contributed by atoms with Crippen LogP contribution < -0.4 is 4.90 Å². The minimum atomic E-state index is -0.134. The summed E-state index contributed by atoms with van der Waals surface area (Å²) in [5.74, 6) is 0. The van der Waals surface area contributed by atoms with Gasteiger partial charge in [0.1, 0.15) is 11.2 Å². The lowest BCUT2D eigenvalue weighted by Crippen LogP contribution is -2.17. The molecule has 0 amide bonds. The van der Waals surface area contributed by atoms with E-state index in [4.69, 9.17) is 4.42 Å². The first-order chi connectivity index (χ1) is 29.3. The van der Waals surface area contributed by atoms with Crippen molar-refractivity contribution >= 4 is 49.8 Å². The van der Waals surface area contributed by atoms with Crippen LogP contribution in [0.4, 0.5) is 17.1 Å². The molecular formula is C58H43NO. The molecule has 0 unspecified atom stereocenters. The molecular weight excluding hydrogens is 727 g/mol. The highest BCUT2D eigenvalue weighted by Crippen LogP contribution is 2.54. The first kappa shape index (κ1) is 34.8. The van der Waals surface area contributed by atoms with Crippen LogP contribution in [0.2, 0.25) is 0 Å². The number of fused-ring (bicyclic) bond motifs is 11. The van der Waals surface area contributed by atoms with Gasteiger partial charge in [-0.15, -0.1) is 0 Å². The van der Waals surface area contributed by atoms with Crippen molar-refractivity contribution in [1.29, 1.82) is 0 Å². The molecule has 0 fully saturated rings. The van der Waals surface area contributed by atoms with Gasteiger partial charge in [0.15, 0.2) is 0 Å². The van der Waals surface area contributed by atoms with Gasteiger partial charge in [-0.3, -0.25) is 0 Å². The average Bonchev–Trinajstić information content (AvgIpc) is 3.87. The second-order valence-electron chi connectivity index (χ2n) is 17.7. The molecule has 286 valence electrons. The molecule has 2 aliphatic rings. The van der Waals surface area contributed by atoms with Crippen LogP contribution in [0.3, 0.4) is 0 Å². The third-order valence-electron chi connectivity index (χ3n) is 13.6. The van der Waals surface area contributed by atoms with Gasteiger partial charge >= 0.3 is 0 Å². The van der Waals surface area contributed by atoms with Crippen LogP contribution in [0.15, 0.2) is 192 Å². The van der Waals surface area contributed by atoms with Gasteiger partial charge in [0.25, 0.3) is 0 Å². The lowest BCUT2D eigenvalue weighted by molar-refractivity contribution is 0.660. The van der Waals surface area contributed by atoms with E-state index in [-0.39, 0.29) is 10.8 Å². The highest BCUT2D eigenvalue weighted by atomic mass is 16.3. The number of nitrogens with zero attached hydrogens (tertiary/aromatic N) is 1. The lowest BCUT2D eigenvalue weighted by atomic mass is 9.79. The highest BCUT2D eigenvalue weighted by molar-refractivity contribution is 6.19. The second kappa shape index (κ2) is 12.7. The number of hydrogen-bond acceptors (Lipinski definition) is 2. The van der Waals surface area contributed by atoms with Crippen LogP contribution in [-0.2, 0) is 10.8 Å². The van der Waals surface area contributed by atoms with Crippen LogP contribution >= 0.6 is 0 Å². The predicted molar refractivity (Wildman–Crippen MR) is 252 cm³/mol. The van der Waals surface area contributed by atoms with Crippen molar-refractivity contribution in [2.75, 3.05) is 4.90 Å². The van der Waals surface area contributed by atoms with E-state index in [1.54, 1.807) is 0 Å². The Morgan fingerprint density at radius 3 is 1.73 bits per heavy atom. The minimum Gasteiger partial charge on any atom is -0.455 e. The Bertz CT molecular complexity index is 3400. The summed E-state index contributed by atoms with van der Waals surface area (Å²) in [7, 11) is 0. The maximum atomic E-state index is 6.64. The number of rotatable bonds is 5. The Balaban J connectivity index is 1.05. The number of furan rings is 1. The molecule has 0 spiro atoms. The molecule has 2 heteroatoms. The Morgan fingerprint density at radius 1 is 0.383 bits per heavy atom. The summed E-state index contributed by atoms with van der Waals surface area (Å²) in [4.78, 5) is 2.45. The summed E-state index contributed by atoms with van der Waals surface area (Å²) in [6, 6.07) is 69.3. The van der Waals surface area contributed by atoms with Crippen LogP contribution in [0, 0.1) is 0 Å². The third kappa shape index (κ3) is 4.94. The van der Waals surface area contributed by atoms with Gasteiger partial charge in [-0.25, -0.2) is 0 Å². The third-order valence-corrected chi connectivity index (χ3v) is 13.6. The van der Waals surface area contributed by atoms with Gasteiger partial charge in [-0.1, -0.05) is 167 Å². The molecule has 0 radical (unpaired) electrons. The molecule has 10 aromatic rings. The smallest absolute Gasteiger partial charge is 0.143 e. The average molecular weight is 770 g/mol. The van der Waals surface area contributed by atoms with Crippen molar-refractivity contribution < 1.29 is 4.42 Å². The van der Waals surface area contributed by atoms with E-state index in [0.29, 0.717) is 0 Å². The fraction of sp³-hybridized carbons (Fsp3) is 0.103. The van der Waals surface area contributed by atoms with Crippen molar-refractivity contribution in [3.63, 3.8) is 0 Å². The van der Waals surface area contributed by atoms with E-state index in [0.717, 1.165) is 55.5 Å². The fourth-order valence-electron chi connectivity index (χ4n) is 10.8. The van der Waals surface area contributed by atoms with Crippen LogP contribution in [-0.4, -0.2) is 0 Å². The zero-order chi connectivity index (χ0) is 40.3. The standard InChI is InChI=1S/C58H43NO/c1-57(2)50-26-9-7-21-45(50)47-32-30-41(35-52(47)57)59(40-19-12-17-38(34-40)43-24-13-25-48-46-22-8-10-27-51(46)58(3,4)55(43)48)39-18-11-16-37(33-39)42-23-14-28-53-54(42)49-31-29-36-15-5-6-20-44(36)56(49)60-53/h5-35H,1-4H3. The summed E-state index contributed by atoms with van der Waals surface area (Å²) >= 11 is 0. The van der Waals surface area contributed by atoms with Gasteiger partial charge in [0, 0.05) is 44.1 Å². The van der Waals surface area contributed by atoms with E-state index in [1.807, 2.05) is 0 Å². The molecule has 2 nitrogen and oxygen atoms in total. The molecule has 0 saturated carbocycles. The van der Waals surface area contributed by atoms with Crippen LogP contribution in [0.1, 0.15) is 49.9 Å². The predicted octanol–water partition coefficient (Wildman–Crippen LogP) is 16.2. The number of benzene rings is 9.